The fourth-order valence-electron chi connectivity index (χ4n) is 1.13. The van der Waals surface area contributed by atoms with Crippen LogP contribution in [-0.2, 0) is 4.74 Å². The molecule has 0 atom stereocenters. The molecule has 0 amide bonds. The number of phenols is 3. The molecule has 0 aliphatic heterocycles. The molecular formula is C11H15NO5. The molecule has 0 heterocycles. The predicted molar refractivity (Wildman–Crippen MR) is 60.3 cm³/mol. The zero-order valence-electron chi connectivity index (χ0n) is 9.67. The summed E-state index contributed by atoms with van der Waals surface area (Å²) in [4.78, 5) is 13.3. The molecule has 1 aromatic carbocycles. The Hall–Kier alpha value is -1.95. The fourth-order valence-corrected chi connectivity index (χ4v) is 1.13. The van der Waals surface area contributed by atoms with E-state index in [1.165, 1.54) is 0 Å². The molecular weight excluding hydrogens is 226 g/mol. The standard InChI is InChI=1S/C11H15NO5/c1-12(2)3-4-17-11(16)7-5-8(13)10(15)9(14)6-7/h5-6,13-15H,3-4H2,1-2H3. The number of phenolic OH excluding ortho intramolecular Hbond substituents is 3. The highest BCUT2D eigenvalue weighted by atomic mass is 16.5. The number of esters is 1. The van der Waals surface area contributed by atoms with Crippen LogP contribution in [0.15, 0.2) is 12.1 Å². The van der Waals surface area contributed by atoms with Crippen molar-refractivity contribution in [2.45, 2.75) is 0 Å². The van der Waals surface area contributed by atoms with Gasteiger partial charge in [-0.1, -0.05) is 0 Å². The maximum Gasteiger partial charge on any atom is 0.338 e. The predicted octanol–water partition coefficient (Wildman–Crippen LogP) is 0.522. The van der Waals surface area contributed by atoms with Gasteiger partial charge in [-0.25, -0.2) is 4.79 Å². The van der Waals surface area contributed by atoms with Gasteiger partial charge in [-0.15, -0.1) is 0 Å². The zero-order chi connectivity index (χ0) is 13.0. The number of carbonyl (C=O) groups excluding carboxylic acids is 1. The highest BCUT2D eigenvalue weighted by Crippen LogP contribution is 2.35. The normalized spacial score (nSPS) is 10.5. The first-order chi connectivity index (χ1) is 7.91. The molecule has 0 aromatic heterocycles. The summed E-state index contributed by atoms with van der Waals surface area (Å²) >= 11 is 0. The molecule has 0 aliphatic carbocycles. The third kappa shape index (κ3) is 3.53. The topological polar surface area (TPSA) is 90.2 Å². The van der Waals surface area contributed by atoms with Gasteiger partial charge in [0.2, 0.25) is 0 Å². The Morgan fingerprint density at radius 3 is 2.24 bits per heavy atom. The lowest BCUT2D eigenvalue weighted by molar-refractivity contribution is 0.0481. The summed E-state index contributed by atoms with van der Waals surface area (Å²) in [5.74, 6) is -2.46. The van der Waals surface area contributed by atoms with Gasteiger partial charge in [0.1, 0.15) is 6.61 Å². The van der Waals surface area contributed by atoms with Crippen LogP contribution in [0.3, 0.4) is 0 Å². The first-order valence-electron chi connectivity index (χ1n) is 4.98. The molecule has 3 N–H and O–H groups in total. The van der Waals surface area contributed by atoms with Gasteiger partial charge in [0.25, 0.3) is 0 Å². The van der Waals surface area contributed by atoms with E-state index in [0.29, 0.717) is 6.54 Å². The number of benzene rings is 1. The fraction of sp³-hybridized carbons (Fsp3) is 0.364. The van der Waals surface area contributed by atoms with E-state index in [1.54, 1.807) is 0 Å². The van der Waals surface area contributed by atoms with E-state index in [4.69, 9.17) is 9.84 Å². The second-order valence-corrected chi connectivity index (χ2v) is 3.80. The SMILES string of the molecule is CN(C)CCOC(=O)c1cc(O)c(O)c(O)c1. The Balaban J connectivity index is 2.70. The summed E-state index contributed by atoms with van der Waals surface area (Å²) in [5.41, 5.74) is -0.0171. The lowest BCUT2D eigenvalue weighted by Crippen LogP contribution is -2.20. The van der Waals surface area contributed by atoms with E-state index in [2.05, 4.69) is 0 Å². The second kappa shape index (κ2) is 5.40. The van der Waals surface area contributed by atoms with Crippen molar-refractivity contribution < 1.29 is 24.9 Å². The van der Waals surface area contributed by atoms with Gasteiger partial charge in [-0.3, -0.25) is 0 Å². The molecule has 0 saturated carbocycles. The lowest BCUT2D eigenvalue weighted by Gasteiger charge is -2.10. The van der Waals surface area contributed by atoms with Gasteiger partial charge in [-0.2, -0.15) is 0 Å². The summed E-state index contributed by atoms with van der Waals surface area (Å²) in [6, 6.07) is 2.07. The van der Waals surface area contributed by atoms with E-state index < -0.39 is 23.2 Å². The molecule has 1 rings (SSSR count). The molecule has 0 aliphatic rings. The molecule has 6 nitrogen and oxygen atoms in total. The monoisotopic (exact) mass is 241 g/mol. The Bertz CT molecular complexity index is 393. The highest BCUT2D eigenvalue weighted by molar-refractivity contribution is 5.91. The summed E-state index contributed by atoms with van der Waals surface area (Å²) < 4.78 is 4.90. The molecule has 6 heteroatoms. The number of hydrogen-bond acceptors (Lipinski definition) is 6. The third-order valence-corrected chi connectivity index (χ3v) is 2.08. The second-order valence-electron chi connectivity index (χ2n) is 3.80. The van der Waals surface area contributed by atoms with Gasteiger partial charge < -0.3 is 25.0 Å². The van der Waals surface area contributed by atoms with Crippen molar-refractivity contribution >= 4 is 5.97 Å². The molecule has 1 aromatic rings. The van der Waals surface area contributed by atoms with Crippen molar-refractivity contribution in [1.82, 2.24) is 4.90 Å². The Labute approximate surface area is 98.7 Å². The smallest absolute Gasteiger partial charge is 0.338 e. The van der Waals surface area contributed by atoms with Gasteiger partial charge in [0, 0.05) is 6.54 Å². The average Bonchev–Trinajstić information content (AvgIpc) is 2.24. The number of carbonyl (C=O) groups is 1. The molecule has 17 heavy (non-hydrogen) atoms. The van der Waals surface area contributed by atoms with E-state index >= 15 is 0 Å². The number of aromatic hydroxyl groups is 3. The zero-order valence-corrected chi connectivity index (χ0v) is 9.67. The van der Waals surface area contributed by atoms with Gasteiger partial charge >= 0.3 is 5.97 Å². The third-order valence-electron chi connectivity index (χ3n) is 2.08. The Kier molecular flexibility index (Phi) is 4.17. The van der Waals surface area contributed by atoms with Crippen molar-refractivity contribution in [3.8, 4) is 17.2 Å². The van der Waals surface area contributed by atoms with Crippen molar-refractivity contribution in [1.29, 1.82) is 0 Å². The van der Waals surface area contributed by atoms with E-state index in [1.807, 2.05) is 19.0 Å². The van der Waals surface area contributed by atoms with Crippen LogP contribution in [0, 0.1) is 0 Å². The van der Waals surface area contributed by atoms with E-state index in [-0.39, 0.29) is 12.2 Å². The van der Waals surface area contributed by atoms with Crippen molar-refractivity contribution in [2.75, 3.05) is 27.2 Å². The van der Waals surface area contributed by atoms with Crippen LogP contribution in [0.4, 0.5) is 0 Å². The van der Waals surface area contributed by atoms with Crippen LogP contribution in [-0.4, -0.2) is 53.4 Å². The number of nitrogens with zero attached hydrogens (tertiary/aromatic N) is 1. The van der Waals surface area contributed by atoms with Crippen LogP contribution in [0.2, 0.25) is 0 Å². The molecule has 0 saturated heterocycles. The number of rotatable bonds is 4. The molecule has 0 spiro atoms. The van der Waals surface area contributed by atoms with Crippen LogP contribution >= 0.6 is 0 Å². The molecule has 0 radical (unpaired) electrons. The van der Waals surface area contributed by atoms with Crippen molar-refractivity contribution in [2.24, 2.45) is 0 Å². The van der Waals surface area contributed by atoms with Crippen LogP contribution in [0.5, 0.6) is 17.2 Å². The van der Waals surface area contributed by atoms with Crippen LogP contribution in [0.25, 0.3) is 0 Å². The quantitative estimate of drug-likeness (QED) is 0.526. The van der Waals surface area contributed by atoms with Crippen LogP contribution < -0.4 is 0 Å². The number of hydrogen-bond donors (Lipinski definition) is 3. The van der Waals surface area contributed by atoms with Crippen LogP contribution in [0.1, 0.15) is 10.4 Å². The van der Waals surface area contributed by atoms with Crippen molar-refractivity contribution in [3.63, 3.8) is 0 Å². The highest BCUT2D eigenvalue weighted by Gasteiger charge is 2.14. The molecule has 0 fully saturated rings. The summed E-state index contributed by atoms with van der Waals surface area (Å²) in [7, 11) is 3.68. The summed E-state index contributed by atoms with van der Waals surface area (Å²) in [6.07, 6.45) is 0. The maximum atomic E-state index is 11.5. The first kappa shape index (κ1) is 13.1. The van der Waals surface area contributed by atoms with Gasteiger partial charge in [0.15, 0.2) is 17.2 Å². The minimum atomic E-state index is -0.669. The minimum absolute atomic E-state index is 0.0171. The van der Waals surface area contributed by atoms with E-state index in [9.17, 15) is 15.0 Å². The average molecular weight is 241 g/mol. The molecule has 0 unspecified atom stereocenters. The van der Waals surface area contributed by atoms with Gasteiger partial charge in [-0.05, 0) is 26.2 Å². The summed E-state index contributed by atoms with van der Waals surface area (Å²) in [6.45, 7) is 0.774. The minimum Gasteiger partial charge on any atom is -0.504 e. The van der Waals surface area contributed by atoms with Crippen molar-refractivity contribution in [3.05, 3.63) is 17.7 Å². The number of likely N-dealkylation sites (N-methyl/N-ethyl adjacent to an activating group) is 1. The lowest BCUT2D eigenvalue weighted by atomic mass is 10.2. The Morgan fingerprint density at radius 1 is 1.24 bits per heavy atom. The van der Waals surface area contributed by atoms with E-state index in [0.717, 1.165) is 12.1 Å². The molecule has 94 valence electrons. The number of ether oxygens (including phenoxy) is 1. The first-order valence-corrected chi connectivity index (χ1v) is 4.98. The molecule has 0 bridgehead atoms. The maximum absolute atomic E-state index is 11.5. The van der Waals surface area contributed by atoms with Gasteiger partial charge in [0.05, 0.1) is 5.56 Å². The summed E-state index contributed by atoms with van der Waals surface area (Å²) in [5, 5.41) is 27.5. The largest absolute Gasteiger partial charge is 0.504 e. The Morgan fingerprint density at radius 2 is 1.76 bits per heavy atom.